The van der Waals surface area contributed by atoms with Gasteiger partial charge < -0.3 is 14.8 Å². The summed E-state index contributed by atoms with van der Waals surface area (Å²) in [5.41, 5.74) is 4.10. The van der Waals surface area contributed by atoms with Gasteiger partial charge in [0.1, 0.15) is 5.82 Å². The summed E-state index contributed by atoms with van der Waals surface area (Å²) in [4.78, 5) is 12.5. The van der Waals surface area contributed by atoms with Crippen LogP contribution in [0.2, 0.25) is 0 Å². The number of phenols is 1. The van der Waals surface area contributed by atoms with E-state index >= 15 is 0 Å². The number of imidazole rings is 1. The SMILES string of the molecule is COc1cc(Br)c(Br)c(C=Nc2cccc(-c3nc4ccccc4[nH]3)c2)c1O. The first-order chi connectivity index (χ1) is 13.6. The van der Waals surface area contributed by atoms with Gasteiger partial charge in [-0.3, -0.25) is 4.99 Å². The van der Waals surface area contributed by atoms with E-state index in [2.05, 4.69) is 46.8 Å². The molecule has 3 aromatic carbocycles. The van der Waals surface area contributed by atoms with E-state index in [-0.39, 0.29) is 5.75 Å². The van der Waals surface area contributed by atoms with Gasteiger partial charge in [0.15, 0.2) is 11.5 Å². The molecule has 4 rings (SSSR count). The number of methoxy groups -OCH3 is 1. The molecule has 0 amide bonds. The monoisotopic (exact) mass is 499 g/mol. The summed E-state index contributed by atoms with van der Waals surface area (Å²) in [6.07, 6.45) is 1.60. The van der Waals surface area contributed by atoms with Crippen molar-refractivity contribution < 1.29 is 9.84 Å². The quantitative estimate of drug-likeness (QED) is 0.327. The first-order valence-electron chi connectivity index (χ1n) is 8.41. The molecule has 1 heterocycles. The summed E-state index contributed by atoms with van der Waals surface area (Å²) in [5, 5.41) is 10.4. The maximum Gasteiger partial charge on any atom is 0.167 e. The molecule has 0 saturated heterocycles. The van der Waals surface area contributed by atoms with E-state index in [9.17, 15) is 5.11 Å². The third kappa shape index (κ3) is 3.55. The third-order valence-corrected chi connectivity index (χ3v) is 6.28. The Balaban J connectivity index is 1.70. The number of aromatic hydroxyl groups is 1. The molecule has 140 valence electrons. The van der Waals surface area contributed by atoms with Crippen molar-refractivity contribution in [1.29, 1.82) is 0 Å². The van der Waals surface area contributed by atoms with Crippen molar-refractivity contribution in [1.82, 2.24) is 9.97 Å². The second-order valence-corrected chi connectivity index (χ2v) is 7.70. The fourth-order valence-electron chi connectivity index (χ4n) is 2.85. The number of aromatic amines is 1. The molecule has 0 aliphatic heterocycles. The molecule has 0 atom stereocenters. The Morgan fingerprint density at radius 2 is 1.93 bits per heavy atom. The van der Waals surface area contributed by atoms with E-state index in [4.69, 9.17) is 4.74 Å². The van der Waals surface area contributed by atoms with Gasteiger partial charge in [-0.2, -0.15) is 0 Å². The van der Waals surface area contributed by atoms with Crippen molar-refractivity contribution in [2.75, 3.05) is 7.11 Å². The number of ether oxygens (including phenoxy) is 1. The second kappa shape index (κ2) is 7.77. The largest absolute Gasteiger partial charge is 0.504 e. The molecule has 1 aromatic heterocycles. The van der Waals surface area contributed by atoms with Crippen LogP contribution in [0.5, 0.6) is 11.5 Å². The van der Waals surface area contributed by atoms with Crippen molar-refractivity contribution in [2.24, 2.45) is 4.99 Å². The number of rotatable bonds is 4. The lowest BCUT2D eigenvalue weighted by atomic mass is 10.2. The molecule has 2 N–H and O–H groups in total. The Labute approximate surface area is 178 Å². The first kappa shape index (κ1) is 18.7. The minimum atomic E-state index is 0.0229. The van der Waals surface area contributed by atoms with Gasteiger partial charge in [0.2, 0.25) is 0 Å². The molecule has 28 heavy (non-hydrogen) atoms. The van der Waals surface area contributed by atoms with Crippen molar-refractivity contribution in [3.63, 3.8) is 0 Å². The summed E-state index contributed by atoms with van der Waals surface area (Å²) in [5.74, 6) is 1.17. The van der Waals surface area contributed by atoms with Crippen LogP contribution >= 0.6 is 31.9 Å². The Hall–Kier alpha value is -2.64. The number of phenolic OH excluding ortho intramolecular Hbond substituents is 1. The van der Waals surface area contributed by atoms with E-state index in [0.29, 0.717) is 15.8 Å². The average molecular weight is 501 g/mol. The van der Waals surface area contributed by atoms with E-state index in [1.165, 1.54) is 7.11 Å². The molecule has 0 saturated carbocycles. The van der Waals surface area contributed by atoms with Crippen molar-refractivity contribution in [3.05, 3.63) is 69.1 Å². The number of benzene rings is 3. The van der Waals surface area contributed by atoms with Crippen LogP contribution in [0.4, 0.5) is 5.69 Å². The minimum Gasteiger partial charge on any atom is -0.504 e. The topological polar surface area (TPSA) is 70.5 Å². The van der Waals surface area contributed by atoms with Gasteiger partial charge in [-0.15, -0.1) is 0 Å². The summed E-state index contributed by atoms with van der Waals surface area (Å²) >= 11 is 6.92. The number of nitrogens with zero attached hydrogens (tertiary/aromatic N) is 2. The van der Waals surface area contributed by atoms with Crippen LogP contribution in [0, 0.1) is 0 Å². The Kier molecular flexibility index (Phi) is 5.19. The summed E-state index contributed by atoms with van der Waals surface area (Å²) in [6.45, 7) is 0. The van der Waals surface area contributed by atoms with Crippen LogP contribution in [-0.4, -0.2) is 28.4 Å². The van der Waals surface area contributed by atoms with E-state index in [1.54, 1.807) is 12.3 Å². The molecule has 0 radical (unpaired) electrons. The molecule has 0 aliphatic rings. The standard InChI is InChI=1S/C21H15Br2N3O2/c1-28-18-10-15(22)19(23)14(20(18)27)11-24-13-6-4-5-12(9-13)21-25-16-7-2-3-8-17(16)26-21/h2-11,27H,1H3,(H,25,26). The van der Waals surface area contributed by atoms with Gasteiger partial charge in [0.05, 0.1) is 29.4 Å². The highest BCUT2D eigenvalue weighted by molar-refractivity contribution is 9.13. The van der Waals surface area contributed by atoms with Gasteiger partial charge in [-0.1, -0.05) is 24.3 Å². The molecular weight excluding hydrogens is 486 g/mol. The van der Waals surface area contributed by atoms with Crippen LogP contribution in [0.15, 0.2) is 68.5 Å². The maximum atomic E-state index is 10.4. The predicted molar refractivity (Wildman–Crippen MR) is 119 cm³/mol. The van der Waals surface area contributed by atoms with E-state index < -0.39 is 0 Å². The number of H-pyrrole nitrogens is 1. The lowest BCUT2D eigenvalue weighted by Crippen LogP contribution is -1.91. The fraction of sp³-hybridized carbons (Fsp3) is 0.0476. The molecule has 7 heteroatoms. The summed E-state index contributed by atoms with van der Waals surface area (Å²) in [6, 6.07) is 17.3. The number of halogens is 2. The van der Waals surface area contributed by atoms with Crippen LogP contribution in [0.1, 0.15) is 5.56 Å². The maximum absolute atomic E-state index is 10.4. The fourth-order valence-corrected chi connectivity index (χ4v) is 3.67. The molecule has 4 aromatic rings. The highest BCUT2D eigenvalue weighted by Gasteiger charge is 2.14. The molecule has 0 aliphatic carbocycles. The summed E-state index contributed by atoms with van der Waals surface area (Å²) in [7, 11) is 1.51. The van der Waals surface area contributed by atoms with E-state index in [0.717, 1.165) is 32.6 Å². The van der Waals surface area contributed by atoms with E-state index in [1.807, 2.05) is 48.5 Å². The van der Waals surface area contributed by atoms with Crippen molar-refractivity contribution in [2.45, 2.75) is 0 Å². The molecule has 0 bridgehead atoms. The Morgan fingerprint density at radius 3 is 2.71 bits per heavy atom. The lowest BCUT2D eigenvalue weighted by Gasteiger charge is -2.09. The zero-order chi connectivity index (χ0) is 19.7. The van der Waals surface area contributed by atoms with Crippen molar-refractivity contribution in [3.8, 4) is 22.9 Å². The zero-order valence-electron chi connectivity index (χ0n) is 14.8. The Bertz CT molecular complexity index is 1170. The number of hydrogen-bond donors (Lipinski definition) is 2. The van der Waals surface area contributed by atoms with Crippen LogP contribution in [-0.2, 0) is 0 Å². The minimum absolute atomic E-state index is 0.0229. The normalized spacial score (nSPS) is 11.4. The highest BCUT2D eigenvalue weighted by atomic mass is 79.9. The molecule has 5 nitrogen and oxygen atoms in total. The van der Waals surface area contributed by atoms with Gasteiger partial charge in [0, 0.05) is 20.7 Å². The number of hydrogen-bond acceptors (Lipinski definition) is 4. The molecule has 0 fully saturated rings. The lowest BCUT2D eigenvalue weighted by molar-refractivity contribution is 0.372. The predicted octanol–water partition coefficient (Wildman–Crippen LogP) is 6.22. The number of fused-ring (bicyclic) bond motifs is 1. The third-order valence-electron chi connectivity index (χ3n) is 4.26. The second-order valence-electron chi connectivity index (χ2n) is 6.05. The van der Waals surface area contributed by atoms with Gasteiger partial charge in [-0.05, 0) is 62.2 Å². The van der Waals surface area contributed by atoms with Crippen molar-refractivity contribution >= 4 is 54.8 Å². The van der Waals surface area contributed by atoms with Gasteiger partial charge in [0.25, 0.3) is 0 Å². The number of aliphatic imine (C=N–C) groups is 1. The first-order valence-corrected chi connectivity index (χ1v) is 9.99. The average Bonchev–Trinajstić information content (AvgIpc) is 3.15. The molecule has 0 spiro atoms. The van der Waals surface area contributed by atoms with Crippen LogP contribution < -0.4 is 4.74 Å². The Morgan fingerprint density at radius 1 is 1.11 bits per heavy atom. The zero-order valence-corrected chi connectivity index (χ0v) is 18.0. The van der Waals surface area contributed by atoms with Gasteiger partial charge >= 0.3 is 0 Å². The highest BCUT2D eigenvalue weighted by Crippen LogP contribution is 2.39. The molecule has 0 unspecified atom stereocenters. The smallest absolute Gasteiger partial charge is 0.167 e. The number of aromatic nitrogens is 2. The summed E-state index contributed by atoms with van der Waals surface area (Å²) < 4.78 is 6.67. The van der Waals surface area contributed by atoms with Crippen LogP contribution in [0.3, 0.4) is 0 Å². The number of nitrogens with one attached hydrogen (secondary N) is 1. The van der Waals surface area contributed by atoms with Crippen LogP contribution in [0.25, 0.3) is 22.4 Å². The van der Waals surface area contributed by atoms with Gasteiger partial charge in [-0.25, -0.2) is 4.98 Å². The number of para-hydroxylation sites is 2. The molecular formula is C21H15Br2N3O2.